The van der Waals surface area contributed by atoms with Gasteiger partial charge in [-0.15, -0.1) is 0 Å². The summed E-state index contributed by atoms with van der Waals surface area (Å²) in [6.45, 7) is 0.540. The molecule has 1 aromatic heterocycles. The van der Waals surface area contributed by atoms with Crippen LogP contribution >= 0.6 is 12.2 Å². The number of ether oxygens (including phenoxy) is 2. The van der Waals surface area contributed by atoms with E-state index < -0.39 is 11.7 Å². The van der Waals surface area contributed by atoms with Gasteiger partial charge in [0, 0.05) is 18.7 Å². The summed E-state index contributed by atoms with van der Waals surface area (Å²) < 4.78 is 25.8. The second-order valence-electron chi connectivity index (χ2n) is 4.10. The lowest BCUT2D eigenvalue weighted by Gasteiger charge is -2.06. The van der Waals surface area contributed by atoms with Crippen LogP contribution in [-0.2, 0) is 16.1 Å². The molecule has 0 aliphatic rings. The molecular weight excluding hydrogens is 285 g/mol. The zero-order valence-corrected chi connectivity index (χ0v) is 11.6. The lowest BCUT2D eigenvalue weighted by atomic mass is 10.3. The van der Waals surface area contributed by atoms with Crippen molar-refractivity contribution in [1.82, 2.24) is 9.55 Å². The predicted molar refractivity (Wildman–Crippen MR) is 73.6 cm³/mol. The third-order valence-corrected chi connectivity index (χ3v) is 3.07. The van der Waals surface area contributed by atoms with Crippen molar-refractivity contribution in [3.63, 3.8) is 0 Å². The molecule has 0 bridgehead atoms. The number of nitrogens with two attached hydrogens (primary N) is 1. The number of fused-ring (bicyclic) bond motifs is 1. The molecule has 108 valence electrons. The van der Waals surface area contributed by atoms with Crippen molar-refractivity contribution in [3.8, 4) is 5.75 Å². The Morgan fingerprint density at radius 3 is 2.95 bits per heavy atom. The van der Waals surface area contributed by atoms with Gasteiger partial charge in [0.25, 0.3) is 0 Å². The zero-order valence-electron chi connectivity index (χ0n) is 10.8. The van der Waals surface area contributed by atoms with Crippen LogP contribution in [0, 0.1) is 10.6 Å². The van der Waals surface area contributed by atoms with Gasteiger partial charge in [-0.2, -0.15) is 0 Å². The van der Waals surface area contributed by atoms with Gasteiger partial charge in [-0.1, -0.05) is 0 Å². The molecule has 6 nitrogen and oxygen atoms in total. The molecule has 0 unspecified atom stereocenters. The Labute approximate surface area is 119 Å². The Balaban J connectivity index is 2.26. The monoisotopic (exact) mass is 299 g/mol. The zero-order chi connectivity index (χ0) is 14.7. The maximum absolute atomic E-state index is 13.6. The molecule has 2 rings (SSSR count). The van der Waals surface area contributed by atoms with E-state index in [1.165, 1.54) is 13.2 Å². The normalized spacial score (nSPS) is 10.9. The Morgan fingerprint density at radius 2 is 2.30 bits per heavy atom. The molecule has 0 saturated carbocycles. The number of carbonyl (C=O) groups excluding carboxylic acids is 1. The van der Waals surface area contributed by atoms with Crippen LogP contribution in [-0.4, -0.2) is 35.8 Å². The van der Waals surface area contributed by atoms with E-state index in [0.29, 0.717) is 22.3 Å². The number of rotatable bonds is 6. The van der Waals surface area contributed by atoms with Crippen LogP contribution in [0.5, 0.6) is 5.75 Å². The van der Waals surface area contributed by atoms with Gasteiger partial charge >= 0.3 is 0 Å². The topological polar surface area (TPSA) is 82.3 Å². The molecule has 0 saturated heterocycles. The van der Waals surface area contributed by atoms with Gasteiger partial charge in [-0.05, 0) is 12.2 Å². The van der Waals surface area contributed by atoms with Crippen molar-refractivity contribution in [2.45, 2.75) is 6.54 Å². The lowest BCUT2D eigenvalue weighted by Crippen LogP contribution is -2.19. The lowest BCUT2D eigenvalue weighted by molar-refractivity contribution is -0.122. The molecule has 3 N–H and O–H groups in total. The Kier molecular flexibility index (Phi) is 4.35. The average Bonchev–Trinajstić information content (AvgIpc) is 2.68. The van der Waals surface area contributed by atoms with Gasteiger partial charge in [0.15, 0.2) is 16.3 Å². The van der Waals surface area contributed by atoms with Crippen molar-refractivity contribution >= 4 is 29.2 Å². The summed E-state index contributed by atoms with van der Waals surface area (Å²) in [5, 5.41) is 0. The van der Waals surface area contributed by atoms with E-state index in [-0.39, 0.29) is 19.0 Å². The summed E-state index contributed by atoms with van der Waals surface area (Å²) in [5.74, 6) is -0.858. The quantitative estimate of drug-likeness (QED) is 0.623. The fourth-order valence-corrected chi connectivity index (χ4v) is 2.16. The SMILES string of the molecule is COc1cc2c(cc1F)[nH]c(=S)n2CCOCC(N)=O. The molecule has 0 aliphatic heterocycles. The fourth-order valence-electron chi connectivity index (χ4n) is 1.87. The molecular formula is C12H14FN3O3S. The van der Waals surface area contributed by atoms with Crippen LogP contribution in [0.15, 0.2) is 12.1 Å². The molecule has 1 aromatic carbocycles. The second kappa shape index (κ2) is 6.02. The van der Waals surface area contributed by atoms with Crippen LogP contribution < -0.4 is 10.5 Å². The smallest absolute Gasteiger partial charge is 0.243 e. The molecule has 0 atom stereocenters. The summed E-state index contributed by atoms with van der Waals surface area (Å²) in [4.78, 5) is 13.5. The minimum absolute atomic E-state index is 0.137. The first-order valence-electron chi connectivity index (χ1n) is 5.85. The molecule has 20 heavy (non-hydrogen) atoms. The number of primary amides is 1. The molecule has 2 aromatic rings. The summed E-state index contributed by atoms with van der Waals surface area (Å²) in [6, 6.07) is 2.88. The third-order valence-electron chi connectivity index (χ3n) is 2.75. The van der Waals surface area contributed by atoms with Crippen molar-refractivity contribution in [2.75, 3.05) is 20.3 Å². The number of carbonyl (C=O) groups is 1. The maximum atomic E-state index is 13.6. The van der Waals surface area contributed by atoms with Gasteiger partial charge in [0.1, 0.15) is 6.61 Å². The van der Waals surface area contributed by atoms with Crippen LogP contribution in [0.25, 0.3) is 11.0 Å². The van der Waals surface area contributed by atoms with E-state index in [1.54, 1.807) is 10.6 Å². The first kappa shape index (κ1) is 14.5. The molecule has 1 heterocycles. The molecule has 0 aliphatic carbocycles. The number of aromatic amines is 1. The largest absolute Gasteiger partial charge is 0.494 e. The first-order valence-corrected chi connectivity index (χ1v) is 6.26. The number of nitrogens with zero attached hydrogens (tertiary/aromatic N) is 1. The first-order chi connectivity index (χ1) is 9.52. The Hall–Kier alpha value is -1.93. The Morgan fingerprint density at radius 1 is 1.55 bits per heavy atom. The molecule has 8 heteroatoms. The van der Waals surface area contributed by atoms with E-state index in [9.17, 15) is 9.18 Å². The standard InChI is InChI=1S/C12H14FN3O3S/c1-18-10-5-9-8(4-7(10)13)15-12(20)16(9)2-3-19-6-11(14)17/h4-5H,2-3,6H2,1H3,(H2,14,17)(H,15,20). The summed E-state index contributed by atoms with van der Waals surface area (Å²) in [5.41, 5.74) is 6.25. The van der Waals surface area contributed by atoms with E-state index >= 15 is 0 Å². The van der Waals surface area contributed by atoms with E-state index in [4.69, 9.17) is 27.4 Å². The summed E-state index contributed by atoms with van der Waals surface area (Å²) >= 11 is 5.17. The highest BCUT2D eigenvalue weighted by Crippen LogP contribution is 2.24. The molecule has 0 radical (unpaired) electrons. The van der Waals surface area contributed by atoms with E-state index in [1.807, 2.05) is 0 Å². The van der Waals surface area contributed by atoms with Crippen molar-refractivity contribution in [2.24, 2.45) is 5.73 Å². The van der Waals surface area contributed by atoms with E-state index in [2.05, 4.69) is 4.98 Å². The van der Waals surface area contributed by atoms with Crippen molar-refractivity contribution < 1.29 is 18.7 Å². The molecule has 0 spiro atoms. The highest BCUT2D eigenvalue weighted by molar-refractivity contribution is 7.71. The van der Waals surface area contributed by atoms with Gasteiger partial charge < -0.3 is 24.8 Å². The highest BCUT2D eigenvalue weighted by atomic mass is 32.1. The van der Waals surface area contributed by atoms with Gasteiger partial charge in [-0.25, -0.2) is 4.39 Å². The fraction of sp³-hybridized carbons (Fsp3) is 0.333. The van der Waals surface area contributed by atoms with Gasteiger partial charge in [-0.3, -0.25) is 4.79 Å². The third kappa shape index (κ3) is 2.97. The number of methoxy groups -OCH3 is 1. The van der Waals surface area contributed by atoms with Gasteiger partial charge in [0.05, 0.1) is 24.8 Å². The number of imidazole rings is 1. The second-order valence-corrected chi connectivity index (χ2v) is 4.49. The number of benzene rings is 1. The van der Waals surface area contributed by atoms with Crippen LogP contribution in [0.4, 0.5) is 4.39 Å². The van der Waals surface area contributed by atoms with Crippen LogP contribution in [0.1, 0.15) is 0 Å². The van der Waals surface area contributed by atoms with E-state index in [0.717, 1.165) is 0 Å². The van der Waals surface area contributed by atoms with Crippen molar-refractivity contribution in [1.29, 1.82) is 0 Å². The molecule has 0 fully saturated rings. The number of nitrogens with one attached hydrogen (secondary N) is 1. The number of hydrogen-bond acceptors (Lipinski definition) is 4. The average molecular weight is 299 g/mol. The van der Waals surface area contributed by atoms with Crippen molar-refractivity contribution in [3.05, 3.63) is 22.7 Å². The maximum Gasteiger partial charge on any atom is 0.243 e. The number of halogens is 1. The number of amides is 1. The number of hydrogen-bond donors (Lipinski definition) is 2. The number of aromatic nitrogens is 2. The Bertz CT molecular complexity index is 695. The molecule has 1 amide bonds. The number of H-pyrrole nitrogens is 1. The minimum atomic E-state index is -0.531. The van der Waals surface area contributed by atoms with Crippen LogP contribution in [0.3, 0.4) is 0 Å². The summed E-state index contributed by atoms with van der Waals surface area (Å²) in [6.07, 6.45) is 0. The van der Waals surface area contributed by atoms with Gasteiger partial charge in [0.2, 0.25) is 5.91 Å². The summed E-state index contributed by atoms with van der Waals surface area (Å²) in [7, 11) is 1.39. The van der Waals surface area contributed by atoms with Crippen LogP contribution in [0.2, 0.25) is 0 Å². The predicted octanol–water partition coefficient (Wildman–Crippen LogP) is 1.35. The minimum Gasteiger partial charge on any atom is -0.494 e. The highest BCUT2D eigenvalue weighted by Gasteiger charge is 2.10.